The fourth-order valence-corrected chi connectivity index (χ4v) is 4.99. The first-order chi connectivity index (χ1) is 11.8. The van der Waals surface area contributed by atoms with Gasteiger partial charge in [0.2, 0.25) is 5.91 Å². The van der Waals surface area contributed by atoms with Crippen molar-refractivity contribution in [3.05, 3.63) is 30.2 Å². The summed E-state index contributed by atoms with van der Waals surface area (Å²) < 4.78 is 4.51. The molecule has 2 aliphatic heterocycles. The lowest BCUT2D eigenvalue weighted by Gasteiger charge is -2.43. The summed E-state index contributed by atoms with van der Waals surface area (Å²) in [6.45, 7) is 3.58. The molecule has 2 fully saturated rings. The number of amides is 2. The predicted molar refractivity (Wildman–Crippen MR) is 89.0 cm³/mol. The highest BCUT2D eigenvalue weighted by atomic mass is 32.2. The molecule has 2 saturated heterocycles. The second-order valence-corrected chi connectivity index (χ2v) is 8.36. The Hall–Kier alpha value is -2.55. The van der Waals surface area contributed by atoms with Crippen LogP contribution in [0.1, 0.15) is 24.2 Å². The van der Waals surface area contributed by atoms with Gasteiger partial charge in [-0.05, 0) is 32.0 Å². The highest BCUT2D eigenvalue weighted by molar-refractivity contribution is 8.01. The summed E-state index contributed by atoms with van der Waals surface area (Å²) in [6.07, 6.45) is 1.29. The van der Waals surface area contributed by atoms with Crippen molar-refractivity contribution < 1.29 is 23.9 Å². The van der Waals surface area contributed by atoms with Crippen LogP contribution in [-0.4, -0.2) is 55.0 Å². The van der Waals surface area contributed by atoms with E-state index in [1.165, 1.54) is 23.1 Å². The van der Waals surface area contributed by atoms with Gasteiger partial charge in [-0.1, -0.05) is 0 Å². The Morgan fingerprint density at radius 3 is 2.88 bits per heavy atom. The maximum Gasteiger partial charge on any atom is 0.327 e. The Morgan fingerprint density at radius 1 is 1.40 bits per heavy atom. The fraction of sp³-hybridized carbons (Fsp3) is 0.375. The lowest BCUT2D eigenvalue weighted by Crippen LogP contribution is -2.70. The van der Waals surface area contributed by atoms with E-state index in [0.29, 0.717) is 16.7 Å². The number of carboxylic acids is 1. The van der Waals surface area contributed by atoms with E-state index in [9.17, 15) is 19.5 Å². The van der Waals surface area contributed by atoms with Crippen molar-refractivity contribution >= 4 is 40.6 Å². The molecule has 3 atom stereocenters. The van der Waals surface area contributed by atoms with Gasteiger partial charge in [0.15, 0.2) is 12.0 Å². The molecule has 0 spiro atoms. The number of nitrogens with zero attached hydrogens (tertiary/aromatic N) is 2. The van der Waals surface area contributed by atoms with Crippen LogP contribution >= 0.6 is 11.8 Å². The molecular weight excluding hydrogens is 346 g/mol. The van der Waals surface area contributed by atoms with Gasteiger partial charge >= 0.3 is 5.97 Å². The third kappa shape index (κ3) is 2.30. The molecule has 0 unspecified atom stereocenters. The molecule has 2 N–H and O–H groups in total. The van der Waals surface area contributed by atoms with Crippen LogP contribution < -0.4 is 5.32 Å². The van der Waals surface area contributed by atoms with Crippen LogP contribution in [0.3, 0.4) is 0 Å². The van der Waals surface area contributed by atoms with E-state index >= 15 is 0 Å². The van der Waals surface area contributed by atoms with Crippen LogP contribution in [0.2, 0.25) is 0 Å². The van der Waals surface area contributed by atoms with Crippen molar-refractivity contribution in [2.24, 2.45) is 0 Å². The van der Waals surface area contributed by atoms with Gasteiger partial charge in [-0.25, -0.2) is 9.78 Å². The molecule has 8 nitrogen and oxygen atoms in total. The van der Waals surface area contributed by atoms with E-state index in [0.717, 1.165) is 0 Å². The molecular formula is C16H15N3O5S. The molecule has 25 heavy (non-hydrogen) atoms. The zero-order chi connectivity index (χ0) is 17.9. The first kappa shape index (κ1) is 15.9. The number of oxazole rings is 1. The summed E-state index contributed by atoms with van der Waals surface area (Å²) in [6, 6.07) is 3.19. The molecule has 0 bridgehead atoms. The fourth-order valence-electron chi connectivity index (χ4n) is 3.37. The number of carbonyl (C=O) groups excluding carboxylic acids is 2. The number of hydrogen-bond acceptors (Lipinski definition) is 6. The van der Waals surface area contributed by atoms with Gasteiger partial charge in [0.25, 0.3) is 5.91 Å². The Morgan fingerprint density at radius 2 is 2.16 bits per heavy atom. The second-order valence-electron chi connectivity index (χ2n) is 6.58. The quantitative estimate of drug-likeness (QED) is 0.786. The third-order valence-corrected chi connectivity index (χ3v) is 6.13. The number of hydrogen-bond donors (Lipinski definition) is 2. The maximum absolute atomic E-state index is 12.5. The summed E-state index contributed by atoms with van der Waals surface area (Å²) in [7, 11) is 0. The van der Waals surface area contributed by atoms with Gasteiger partial charge in [0.05, 0.1) is 0 Å². The molecule has 2 aliphatic rings. The van der Waals surface area contributed by atoms with Crippen molar-refractivity contribution in [2.75, 3.05) is 0 Å². The van der Waals surface area contributed by atoms with E-state index in [4.69, 9.17) is 4.42 Å². The van der Waals surface area contributed by atoms with Crippen molar-refractivity contribution in [3.8, 4) is 0 Å². The first-order valence-corrected chi connectivity index (χ1v) is 8.54. The van der Waals surface area contributed by atoms with E-state index < -0.39 is 28.7 Å². The molecule has 0 radical (unpaired) electrons. The lowest BCUT2D eigenvalue weighted by molar-refractivity contribution is -0.159. The van der Waals surface area contributed by atoms with Crippen molar-refractivity contribution in [2.45, 2.75) is 36.1 Å². The van der Waals surface area contributed by atoms with E-state index in [1.807, 2.05) is 0 Å². The minimum Gasteiger partial charge on any atom is -0.480 e. The molecule has 2 amide bonds. The zero-order valence-electron chi connectivity index (χ0n) is 13.4. The van der Waals surface area contributed by atoms with E-state index in [1.54, 1.807) is 32.0 Å². The molecule has 1 aromatic carbocycles. The van der Waals surface area contributed by atoms with Crippen LogP contribution in [0.15, 0.2) is 29.0 Å². The normalized spacial score (nSPS) is 27.0. The zero-order valence-corrected chi connectivity index (χ0v) is 14.2. The topological polar surface area (TPSA) is 113 Å². The molecule has 3 heterocycles. The summed E-state index contributed by atoms with van der Waals surface area (Å²) in [4.78, 5) is 41.7. The summed E-state index contributed by atoms with van der Waals surface area (Å²) in [5.41, 5.74) is 1.49. The number of thioether (sulfide) groups is 1. The highest BCUT2D eigenvalue weighted by Crippen LogP contribution is 2.50. The monoisotopic (exact) mass is 361 g/mol. The van der Waals surface area contributed by atoms with Crippen LogP contribution in [-0.2, 0) is 9.59 Å². The van der Waals surface area contributed by atoms with Crippen LogP contribution in [0.25, 0.3) is 11.1 Å². The Balaban J connectivity index is 1.53. The summed E-state index contributed by atoms with van der Waals surface area (Å²) in [5.74, 6) is -1.80. The molecule has 4 rings (SSSR count). The lowest BCUT2D eigenvalue weighted by atomic mass is 9.96. The van der Waals surface area contributed by atoms with Crippen LogP contribution in [0.5, 0.6) is 0 Å². The van der Waals surface area contributed by atoms with E-state index in [2.05, 4.69) is 10.3 Å². The number of fused-ring (bicyclic) bond motifs is 2. The minimum atomic E-state index is -1.03. The largest absolute Gasteiger partial charge is 0.480 e. The van der Waals surface area contributed by atoms with Gasteiger partial charge < -0.3 is 19.7 Å². The number of aliphatic carboxylic acids is 1. The number of β-lactam (4-membered cyclic amide) rings is 1. The molecule has 2 aromatic rings. The average molecular weight is 361 g/mol. The molecule has 130 valence electrons. The smallest absolute Gasteiger partial charge is 0.327 e. The Labute approximate surface area is 146 Å². The molecule has 0 aliphatic carbocycles. The first-order valence-electron chi connectivity index (χ1n) is 7.66. The molecule has 0 saturated carbocycles. The SMILES string of the molecule is CC1(C)S[C@@H]2[C@H](NC(=O)c3ccc4ocnc4c3)C(=O)N2[C@H]1C(=O)O. The van der Waals surface area contributed by atoms with Crippen LogP contribution in [0.4, 0.5) is 0 Å². The predicted octanol–water partition coefficient (Wildman–Crippen LogP) is 1.07. The van der Waals surface area contributed by atoms with Crippen molar-refractivity contribution in [1.29, 1.82) is 0 Å². The number of nitrogens with one attached hydrogen (secondary N) is 1. The minimum absolute atomic E-state index is 0.365. The summed E-state index contributed by atoms with van der Waals surface area (Å²) in [5, 5.41) is 11.7. The second kappa shape index (κ2) is 5.22. The molecule has 9 heteroatoms. The van der Waals surface area contributed by atoms with E-state index in [-0.39, 0.29) is 11.3 Å². The van der Waals surface area contributed by atoms with Gasteiger partial charge in [-0.15, -0.1) is 11.8 Å². The molecule has 1 aromatic heterocycles. The van der Waals surface area contributed by atoms with Crippen molar-refractivity contribution in [3.63, 3.8) is 0 Å². The third-order valence-electron chi connectivity index (χ3n) is 4.55. The number of rotatable bonds is 3. The number of aromatic nitrogens is 1. The maximum atomic E-state index is 12.5. The standard InChI is InChI=1S/C16H15N3O5S/c1-16(2)11(15(22)23)19-13(21)10(14(19)25-16)18-12(20)7-3-4-9-8(5-7)17-6-24-9/h3-6,10-11,14H,1-2H3,(H,18,20)(H,22,23)/t10-,11+,14-/m1/s1. The average Bonchev–Trinajstić information content (AvgIpc) is 3.11. The van der Waals surface area contributed by atoms with Gasteiger partial charge in [-0.3, -0.25) is 9.59 Å². The highest BCUT2D eigenvalue weighted by Gasteiger charge is 2.64. The summed E-state index contributed by atoms with van der Waals surface area (Å²) >= 11 is 1.39. The number of carboxylic acid groups (broad SMARTS) is 1. The van der Waals surface area contributed by atoms with Gasteiger partial charge in [-0.2, -0.15) is 0 Å². The van der Waals surface area contributed by atoms with Gasteiger partial charge in [0, 0.05) is 10.3 Å². The Kier molecular flexibility index (Phi) is 3.33. The van der Waals surface area contributed by atoms with Gasteiger partial charge in [0.1, 0.15) is 23.0 Å². The van der Waals surface area contributed by atoms with Crippen LogP contribution in [0, 0.1) is 0 Å². The Bertz CT molecular complexity index is 908. The number of carbonyl (C=O) groups is 3. The number of benzene rings is 1. The van der Waals surface area contributed by atoms with Crippen molar-refractivity contribution in [1.82, 2.24) is 15.2 Å².